The van der Waals surface area contributed by atoms with E-state index >= 15 is 0 Å². The molecule has 2 aromatic rings. The number of para-hydroxylation sites is 1. The number of furan rings is 1. The van der Waals surface area contributed by atoms with Crippen LogP contribution in [0.3, 0.4) is 0 Å². The molecule has 0 saturated carbocycles. The zero-order valence-electron chi connectivity index (χ0n) is 13.2. The number of benzene rings is 1. The largest absolute Gasteiger partial charge is 0.486 e. The summed E-state index contributed by atoms with van der Waals surface area (Å²) in [5, 5.41) is 0. The van der Waals surface area contributed by atoms with Crippen LogP contribution in [0, 0.1) is 0 Å². The lowest BCUT2D eigenvalue weighted by atomic mass is 10.3. The molecule has 1 aromatic carbocycles. The van der Waals surface area contributed by atoms with Gasteiger partial charge >= 0.3 is 5.91 Å². The van der Waals surface area contributed by atoms with E-state index in [9.17, 15) is 9.59 Å². The molecule has 0 bridgehead atoms. The Labute approximate surface area is 139 Å². The second-order valence-electron chi connectivity index (χ2n) is 4.70. The van der Waals surface area contributed by atoms with Gasteiger partial charge in [0.05, 0.1) is 0 Å². The van der Waals surface area contributed by atoms with E-state index in [1.807, 2.05) is 37.3 Å². The molecule has 24 heavy (non-hydrogen) atoms. The predicted molar refractivity (Wildman–Crippen MR) is 89.0 cm³/mol. The lowest BCUT2D eigenvalue weighted by Gasteiger charge is -2.04. The van der Waals surface area contributed by atoms with Gasteiger partial charge in [-0.15, -0.1) is 0 Å². The molecule has 0 unspecified atom stereocenters. The molecule has 2 amide bonds. The molecule has 2 N–H and O–H groups in total. The minimum absolute atomic E-state index is 0.0828. The molecule has 1 aromatic heterocycles. The number of carbonyl (C=O) groups is 2. The normalized spacial score (nSPS) is 10.9. The first-order valence-corrected chi connectivity index (χ1v) is 7.35. The Balaban J connectivity index is 1.81. The number of carbonyl (C=O) groups excluding carboxylic acids is 2. The summed E-state index contributed by atoms with van der Waals surface area (Å²) in [6, 6.07) is 12.4. The molecule has 0 aliphatic rings. The van der Waals surface area contributed by atoms with Crippen molar-refractivity contribution < 1.29 is 18.7 Å². The standard InChI is InChI=1S/C18H18N2O4/c1-2-3-5-10-17(21)19-20-18(22)16-12-11-15(24-16)13-23-14-8-6-4-7-9-14/h2-12H,13H2,1H3,(H,19,21)(H,20,22)/b3-2+,10-5+. The number of hydrazine groups is 1. The van der Waals surface area contributed by atoms with Crippen molar-refractivity contribution in [1.82, 2.24) is 10.9 Å². The Hall–Kier alpha value is -3.28. The topological polar surface area (TPSA) is 80.6 Å². The van der Waals surface area contributed by atoms with Crippen LogP contribution < -0.4 is 15.6 Å². The highest BCUT2D eigenvalue weighted by Gasteiger charge is 2.11. The lowest BCUT2D eigenvalue weighted by Crippen LogP contribution is -2.40. The van der Waals surface area contributed by atoms with Gasteiger partial charge in [0.15, 0.2) is 5.76 Å². The van der Waals surface area contributed by atoms with Crippen molar-refractivity contribution in [3.8, 4) is 5.75 Å². The van der Waals surface area contributed by atoms with E-state index < -0.39 is 11.8 Å². The average Bonchev–Trinajstić information content (AvgIpc) is 3.08. The Morgan fingerprint density at radius 2 is 1.88 bits per heavy atom. The molecule has 0 aliphatic carbocycles. The van der Waals surface area contributed by atoms with E-state index in [0.29, 0.717) is 11.5 Å². The zero-order chi connectivity index (χ0) is 17.2. The molecule has 1 heterocycles. The van der Waals surface area contributed by atoms with Gasteiger partial charge in [-0.3, -0.25) is 20.4 Å². The molecule has 0 spiro atoms. The smallest absolute Gasteiger partial charge is 0.305 e. The molecule has 2 rings (SSSR count). The van der Waals surface area contributed by atoms with Crippen molar-refractivity contribution >= 4 is 11.8 Å². The molecule has 0 fully saturated rings. The van der Waals surface area contributed by atoms with Crippen LogP contribution in [0.5, 0.6) is 5.75 Å². The van der Waals surface area contributed by atoms with Crippen molar-refractivity contribution in [2.24, 2.45) is 0 Å². The van der Waals surface area contributed by atoms with Crippen LogP contribution in [-0.2, 0) is 11.4 Å². The average molecular weight is 326 g/mol. The first-order chi connectivity index (χ1) is 11.7. The van der Waals surface area contributed by atoms with Crippen molar-refractivity contribution in [3.05, 3.63) is 78.3 Å². The first-order valence-electron chi connectivity index (χ1n) is 7.35. The Bertz CT molecular complexity index is 732. The van der Waals surface area contributed by atoms with Crippen LogP contribution in [-0.4, -0.2) is 11.8 Å². The molecular formula is C18H18N2O4. The number of hydrogen-bond acceptors (Lipinski definition) is 4. The fourth-order valence-electron chi connectivity index (χ4n) is 1.72. The Morgan fingerprint density at radius 1 is 1.08 bits per heavy atom. The van der Waals surface area contributed by atoms with E-state index in [1.54, 1.807) is 24.3 Å². The number of hydrogen-bond donors (Lipinski definition) is 2. The molecule has 6 nitrogen and oxygen atoms in total. The zero-order valence-corrected chi connectivity index (χ0v) is 13.2. The van der Waals surface area contributed by atoms with E-state index in [4.69, 9.17) is 9.15 Å². The maximum Gasteiger partial charge on any atom is 0.305 e. The fraction of sp³-hybridized carbons (Fsp3) is 0.111. The third-order valence-corrected chi connectivity index (χ3v) is 2.86. The van der Waals surface area contributed by atoms with Gasteiger partial charge in [-0.1, -0.05) is 36.4 Å². The summed E-state index contributed by atoms with van der Waals surface area (Å²) < 4.78 is 10.9. The maximum absolute atomic E-state index is 11.9. The van der Waals surface area contributed by atoms with Gasteiger partial charge < -0.3 is 9.15 Å². The summed E-state index contributed by atoms with van der Waals surface area (Å²) in [7, 11) is 0. The number of amides is 2. The molecule has 0 radical (unpaired) electrons. The van der Waals surface area contributed by atoms with Gasteiger partial charge in [-0.25, -0.2) is 0 Å². The molecule has 0 atom stereocenters. The van der Waals surface area contributed by atoms with Gasteiger partial charge in [0.25, 0.3) is 5.91 Å². The molecule has 0 saturated heterocycles. The quantitative estimate of drug-likeness (QED) is 0.486. The van der Waals surface area contributed by atoms with Crippen LogP contribution in [0.25, 0.3) is 0 Å². The third kappa shape index (κ3) is 5.49. The number of ether oxygens (including phenoxy) is 1. The second-order valence-corrected chi connectivity index (χ2v) is 4.70. The number of nitrogens with one attached hydrogen (secondary N) is 2. The van der Waals surface area contributed by atoms with Crippen LogP contribution >= 0.6 is 0 Å². The summed E-state index contributed by atoms with van der Waals surface area (Å²) >= 11 is 0. The molecule has 0 aliphatic heterocycles. The van der Waals surface area contributed by atoms with Crippen LogP contribution in [0.15, 0.2) is 71.2 Å². The fourth-order valence-corrected chi connectivity index (χ4v) is 1.72. The summed E-state index contributed by atoms with van der Waals surface area (Å²) in [6.45, 7) is 2.04. The van der Waals surface area contributed by atoms with Crippen molar-refractivity contribution in [2.45, 2.75) is 13.5 Å². The van der Waals surface area contributed by atoms with E-state index in [0.717, 1.165) is 0 Å². The van der Waals surface area contributed by atoms with E-state index in [2.05, 4.69) is 10.9 Å². The molecular weight excluding hydrogens is 308 g/mol. The molecule has 124 valence electrons. The highest BCUT2D eigenvalue weighted by Crippen LogP contribution is 2.13. The summed E-state index contributed by atoms with van der Waals surface area (Å²) in [5.41, 5.74) is 4.52. The minimum Gasteiger partial charge on any atom is -0.486 e. The highest BCUT2D eigenvalue weighted by molar-refractivity contribution is 5.95. The number of rotatable bonds is 6. The van der Waals surface area contributed by atoms with Crippen molar-refractivity contribution in [1.29, 1.82) is 0 Å². The van der Waals surface area contributed by atoms with E-state index in [1.165, 1.54) is 12.1 Å². The second kappa shape index (κ2) is 8.99. The van der Waals surface area contributed by atoms with Gasteiger partial charge in [0.1, 0.15) is 18.1 Å². The summed E-state index contributed by atoms with van der Waals surface area (Å²) in [5.74, 6) is 0.303. The van der Waals surface area contributed by atoms with Gasteiger partial charge in [0, 0.05) is 6.08 Å². The Morgan fingerprint density at radius 3 is 2.62 bits per heavy atom. The summed E-state index contributed by atoms with van der Waals surface area (Å²) in [4.78, 5) is 23.3. The monoisotopic (exact) mass is 326 g/mol. The van der Waals surface area contributed by atoms with Crippen LogP contribution in [0.2, 0.25) is 0 Å². The molecule has 6 heteroatoms. The van der Waals surface area contributed by atoms with Crippen LogP contribution in [0.4, 0.5) is 0 Å². The maximum atomic E-state index is 11.9. The van der Waals surface area contributed by atoms with E-state index in [-0.39, 0.29) is 12.4 Å². The predicted octanol–water partition coefficient (Wildman–Crippen LogP) is 2.75. The highest BCUT2D eigenvalue weighted by atomic mass is 16.5. The van der Waals surface area contributed by atoms with Crippen molar-refractivity contribution in [3.63, 3.8) is 0 Å². The summed E-state index contributed by atoms with van der Waals surface area (Å²) in [6.07, 6.45) is 6.34. The van der Waals surface area contributed by atoms with Gasteiger partial charge in [-0.2, -0.15) is 0 Å². The van der Waals surface area contributed by atoms with Gasteiger partial charge in [-0.05, 0) is 31.2 Å². The third-order valence-electron chi connectivity index (χ3n) is 2.86. The lowest BCUT2D eigenvalue weighted by molar-refractivity contribution is -0.117. The Kier molecular flexibility index (Phi) is 6.40. The minimum atomic E-state index is -0.547. The number of allylic oxidation sites excluding steroid dienone is 3. The van der Waals surface area contributed by atoms with Crippen LogP contribution in [0.1, 0.15) is 23.2 Å². The van der Waals surface area contributed by atoms with Crippen molar-refractivity contribution in [2.75, 3.05) is 0 Å². The van der Waals surface area contributed by atoms with Gasteiger partial charge in [0.2, 0.25) is 0 Å². The first kappa shape index (κ1) is 17.1. The SMILES string of the molecule is C/C=C/C=C/C(=O)NNC(=O)c1ccc(COc2ccccc2)o1.